The lowest BCUT2D eigenvalue weighted by atomic mass is 10.1. The van der Waals surface area contributed by atoms with Crippen molar-refractivity contribution >= 4 is 11.6 Å². The quantitative estimate of drug-likeness (QED) is 0.910. The van der Waals surface area contributed by atoms with Gasteiger partial charge in [0.05, 0.1) is 12.8 Å². The van der Waals surface area contributed by atoms with Crippen LogP contribution < -0.4 is 5.32 Å². The Morgan fingerprint density at radius 3 is 3.15 bits per heavy atom. The summed E-state index contributed by atoms with van der Waals surface area (Å²) in [6.07, 6.45) is 2.58. The standard InChI is InChI=1S/C14H18N4O2/c1-9-5-10(2)18-13(17-9)12(7-16-18)14(19)15-6-11-3-4-20-8-11/h5,7,11H,3-4,6,8H2,1-2H3,(H,15,19)/t11-/m1/s1. The molecule has 1 amide bonds. The van der Waals surface area contributed by atoms with Gasteiger partial charge < -0.3 is 10.1 Å². The highest BCUT2D eigenvalue weighted by atomic mass is 16.5. The molecule has 6 heteroatoms. The number of rotatable bonds is 3. The third-order valence-corrected chi connectivity index (χ3v) is 3.60. The van der Waals surface area contributed by atoms with Crippen LogP contribution in [0.2, 0.25) is 0 Å². The highest BCUT2D eigenvalue weighted by Gasteiger charge is 2.19. The molecule has 0 aromatic carbocycles. The van der Waals surface area contributed by atoms with Gasteiger partial charge in [-0.05, 0) is 26.3 Å². The van der Waals surface area contributed by atoms with Gasteiger partial charge in [-0.15, -0.1) is 0 Å². The molecule has 0 radical (unpaired) electrons. The predicted molar refractivity (Wildman–Crippen MR) is 73.7 cm³/mol. The number of nitrogens with one attached hydrogen (secondary N) is 1. The van der Waals surface area contributed by atoms with Gasteiger partial charge in [0.15, 0.2) is 5.65 Å². The molecule has 1 atom stereocenters. The number of nitrogens with zero attached hydrogens (tertiary/aromatic N) is 3. The third-order valence-electron chi connectivity index (χ3n) is 3.60. The van der Waals surface area contributed by atoms with Gasteiger partial charge in [-0.3, -0.25) is 4.79 Å². The lowest BCUT2D eigenvalue weighted by Crippen LogP contribution is -2.29. The molecular formula is C14H18N4O2. The van der Waals surface area contributed by atoms with Crippen LogP contribution in [-0.4, -0.2) is 40.3 Å². The van der Waals surface area contributed by atoms with Crippen LogP contribution in [0, 0.1) is 19.8 Å². The molecule has 2 aromatic heterocycles. The first-order valence-electron chi connectivity index (χ1n) is 6.83. The molecule has 0 saturated carbocycles. The summed E-state index contributed by atoms with van der Waals surface area (Å²) in [7, 11) is 0. The van der Waals surface area contributed by atoms with Crippen LogP contribution in [0.3, 0.4) is 0 Å². The summed E-state index contributed by atoms with van der Waals surface area (Å²) >= 11 is 0. The largest absolute Gasteiger partial charge is 0.381 e. The molecule has 0 bridgehead atoms. The van der Waals surface area contributed by atoms with Gasteiger partial charge >= 0.3 is 0 Å². The molecule has 0 aliphatic carbocycles. The zero-order chi connectivity index (χ0) is 14.1. The lowest BCUT2D eigenvalue weighted by Gasteiger charge is -2.08. The smallest absolute Gasteiger partial charge is 0.256 e. The number of fused-ring (bicyclic) bond motifs is 1. The van der Waals surface area contributed by atoms with E-state index >= 15 is 0 Å². The Morgan fingerprint density at radius 2 is 2.40 bits per heavy atom. The van der Waals surface area contributed by atoms with E-state index in [9.17, 15) is 4.79 Å². The van der Waals surface area contributed by atoms with E-state index in [2.05, 4.69) is 15.4 Å². The molecule has 106 valence electrons. The Bertz CT molecular complexity index is 644. The number of carbonyl (C=O) groups is 1. The zero-order valence-electron chi connectivity index (χ0n) is 11.7. The van der Waals surface area contributed by atoms with Crippen molar-refractivity contribution in [1.29, 1.82) is 0 Å². The number of ether oxygens (including phenoxy) is 1. The molecule has 20 heavy (non-hydrogen) atoms. The summed E-state index contributed by atoms with van der Waals surface area (Å²) in [5.74, 6) is 0.293. The van der Waals surface area contributed by atoms with Crippen LogP contribution >= 0.6 is 0 Å². The number of carbonyl (C=O) groups excluding carboxylic acids is 1. The Hall–Kier alpha value is -1.95. The molecule has 1 aliphatic rings. The third kappa shape index (κ3) is 2.38. The van der Waals surface area contributed by atoms with Gasteiger partial charge in [-0.1, -0.05) is 0 Å². The number of hydrogen-bond acceptors (Lipinski definition) is 4. The van der Waals surface area contributed by atoms with Crippen molar-refractivity contribution in [3.63, 3.8) is 0 Å². The molecule has 2 aromatic rings. The SMILES string of the molecule is Cc1cc(C)n2ncc(C(=O)NC[C@H]3CCOC3)c2n1. The van der Waals surface area contributed by atoms with Crippen LogP contribution in [0.1, 0.15) is 28.2 Å². The molecular weight excluding hydrogens is 256 g/mol. The maximum absolute atomic E-state index is 12.3. The normalized spacial score (nSPS) is 18.6. The number of hydrogen-bond donors (Lipinski definition) is 1. The Balaban J connectivity index is 1.80. The van der Waals surface area contributed by atoms with Crippen molar-refractivity contribution in [2.75, 3.05) is 19.8 Å². The van der Waals surface area contributed by atoms with Gasteiger partial charge in [-0.2, -0.15) is 5.10 Å². The average molecular weight is 274 g/mol. The second-order valence-corrected chi connectivity index (χ2v) is 5.27. The van der Waals surface area contributed by atoms with Crippen molar-refractivity contribution in [1.82, 2.24) is 19.9 Å². The second-order valence-electron chi connectivity index (χ2n) is 5.27. The maximum atomic E-state index is 12.3. The summed E-state index contributed by atoms with van der Waals surface area (Å²) in [5.41, 5.74) is 2.99. The topological polar surface area (TPSA) is 68.5 Å². The van der Waals surface area contributed by atoms with Crippen LogP contribution in [0.15, 0.2) is 12.3 Å². The Morgan fingerprint density at radius 1 is 1.55 bits per heavy atom. The minimum Gasteiger partial charge on any atom is -0.381 e. The number of aryl methyl sites for hydroxylation is 2. The summed E-state index contributed by atoms with van der Waals surface area (Å²) < 4.78 is 7.00. The number of amides is 1. The maximum Gasteiger partial charge on any atom is 0.256 e. The van der Waals surface area contributed by atoms with Crippen molar-refractivity contribution in [3.8, 4) is 0 Å². The molecule has 1 fully saturated rings. The van der Waals surface area contributed by atoms with Crippen molar-refractivity contribution < 1.29 is 9.53 Å². The van der Waals surface area contributed by atoms with Gasteiger partial charge in [0.2, 0.25) is 0 Å². The molecule has 1 saturated heterocycles. The van der Waals surface area contributed by atoms with Gasteiger partial charge in [0.1, 0.15) is 5.56 Å². The van der Waals surface area contributed by atoms with Crippen molar-refractivity contribution in [2.24, 2.45) is 5.92 Å². The van der Waals surface area contributed by atoms with E-state index < -0.39 is 0 Å². The van der Waals surface area contributed by atoms with E-state index in [4.69, 9.17) is 4.74 Å². The van der Waals surface area contributed by atoms with E-state index in [0.717, 1.165) is 31.0 Å². The molecule has 1 aliphatic heterocycles. The average Bonchev–Trinajstić information content (AvgIpc) is 3.04. The molecule has 3 rings (SSSR count). The molecule has 0 unspecified atom stereocenters. The van der Waals surface area contributed by atoms with Crippen LogP contribution in [0.4, 0.5) is 0 Å². The van der Waals surface area contributed by atoms with Gasteiger partial charge in [-0.25, -0.2) is 9.50 Å². The van der Waals surface area contributed by atoms with Crippen LogP contribution in [0.25, 0.3) is 5.65 Å². The van der Waals surface area contributed by atoms with Gasteiger partial charge in [0, 0.05) is 30.5 Å². The molecule has 6 nitrogen and oxygen atoms in total. The minimum atomic E-state index is -0.121. The second kappa shape index (κ2) is 5.20. The Kier molecular flexibility index (Phi) is 3.40. The summed E-state index contributed by atoms with van der Waals surface area (Å²) in [4.78, 5) is 16.7. The molecule has 3 heterocycles. The van der Waals surface area contributed by atoms with Crippen LogP contribution in [-0.2, 0) is 4.74 Å². The monoisotopic (exact) mass is 274 g/mol. The summed E-state index contributed by atoms with van der Waals surface area (Å²) in [6.45, 7) is 6.02. The highest BCUT2D eigenvalue weighted by Crippen LogP contribution is 2.13. The Labute approximate surface area is 117 Å². The predicted octanol–water partition coefficient (Wildman–Crippen LogP) is 1.11. The van der Waals surface area contributed by atoms with E-state index in [1.165, 1.54) is 0 Å². The summed E-state index contributed by atoms with van der Waals surface area (Å²) in [5, 5.41) is 7.17. The zero-order valence-corrected chi connectivity index (χ0v) is 11.7. The van der Waals surface area contributed by atoms with Crippen molar-refractivity contribution in [3.05, 3.63) is 29.2 Å². The molecule has 0 spiro atoms. The molecule has 1 N–H and O–H groups in total. The van der Waals surface area contributed by atoms with Gasteiger partial charge in [0.25, 0.3) is 5.91 Å². The highest BCUT2D eigenvalue weighted by molar-refractivity contribution is 5.99. The first-order valence-corrected chi connectivity index (χ1v) is 6.83. The summed E-state index contributed by atoms with van der Waals surface area (Å²) in [6, 6.07) is 1.94. The van der Waals surface area contributed by atoms with Crippen molar-refractivity contribution in [2.45, 2.75) is 20.3 Å². The van der Waals surface area contributed by atoms with E-state index in [-0.39, 0.29) is 5.91 Å². The first-order chi connectivity index (χ1) is 9.65. The fraction of sp³-hybridized carbons (Fsp3) is 0.500. The fourth-order valence-electron chi connectivity index (χ4n) is 2.51. The van der Waals surface area contributed by atoms with E-state index in [0.29, 0.717) is 23.7 Å². The lowest BCUT2D eigenvalue weighted by molar-refractivity contribution is 0.0946. The first kappa shape index (κ1) is 13.1. The van der Waals surface area contributed by atoms with E-state index in [1.807, 2.05) is 19.9 Å². The number of aromatic nitrogens is 3. The fourth-order valence-corrected chi connectivity index (χ4v) is 2.51. The van der Waals surface area contributed by atoms with E-state index in [1.54, 1.807) is 10.7 Å². The minimum absolute atomic E-state index is 0.121. The van der Waals surface area contributed by atoms with Crippen LogP contribution in [0.5, 0.6) is 0 Å².